The van der Waals surface area contributed by atoms with Crippen molar-refractivity contribution < 1.29 is 9.47 Å². The first-order valence-corrected chi connectivity index (χ1v) is 6.39. The Balaban J connectivity index is 2.65. The molecule has 0 aliphatic carbocycles. The number of hydrogen-bond donors (Lipinski definition) is 1. The minimum atomic E-state index is -0.0679. The molecule has 1 aromatic carbocycles. The first-order valence-electron chi connectivity index (χ1n) is 6.39. The molecule has 1 atom stereocenters. The van der Waals surface area contributed by atoms with E-state index in [1.165, 1.54) is 5.56 Å². The lowest BCUT2D eigenvalue weighted by molar-refractivity contribution is 0.0118. The van der Waals surface area contributed by atoms with Crippen molar-refractivity contribution in [3.63, 3.8) is 0 Å². The van der Waals surface area contributed by atoms with E-state index in [4.69, 9.17) is 9.47 Å². The molecule has 0 aromatic heterocycles. The molecule has 1 N–H and O–H groups in total. The highest BCUT2D eigenvalue weighted by Crippen LogP contribution is 2.25. The molecule has 1 aromatic rings. The van der Waals surface area contributed by atoms with Crippen molar-refractivity contribution in [2.45, 2.75) is 38.3 Å². The lowest BCUT2D eigenvalue weighted by atomic mass is 9.95. The van der Waals surface area contributed by atoms with Crippen molar-refractivity contribution in [3.8, 4) is 5.75 Å². The second kappa shape index (κ2) is 6.76. The van der Waals surface area contributed by atoms with Crippen molar-refractivity contribution in [3.05, 3.63) is 29.8 Å². The highest BCUT2D eigenvalue weighted by Gasteiger charge is 2.19. The predicted octanol–water partition coefficient (Wildman–Crippen LogP) is 3.16. The first kappa shape index (κ1) is 15.0. The molecule has 0 saturated carbocycles. The van der Waals surface area contributed by atoms with Gasteiger partial charge in [0, 0.05) is 13.2 Å². The number of benzene rings is 1. The second-order valence-corrected chi connectivity index (χ2v) is 5.12. The van der Waals surface area contributed by atoms with Gasteiger partial charge in [-0.15, -0.1) is 0 Å². The molecule has 0 amide bonds. The molecule has 0 spiro atoms. The zero-order valence-electron chi connectivity index (χ0n) is 12.1. The molecule has 102 valence electrons. The molecule has 0 radical (unpaired) electrons. The molecule has 18 heavy (non-hydrogen) atoms. The van der Waals surface area contributed by atoms with Gasteiger partial charge in [-0.25, -0.2) is 0 Å². The Morgan fingerprint density at radius 1 is 1.17 bits per heavy atom. The number of methoxy groups -OCH3 is 2. The number of hydrogen-bond acceptors (Lipinski definition) is 3. The summed E-state index contributed by atoms with van der Waals surface area (Å²) in [6.07, 6.45) is 2.06. The lowest BCUT2D eigenvalue weighted by Gasteiger charge is -2.26. The Labute approximate surface area is 110 Å². The zero-order chi connectivity index (χ0) is 13.6. The van der Waals surface area contributed by atoms with E-state index in [1.807, 2.05) is 19.2 Å². The third kappa shape index (κ3) is 4.31. The summed E-state index contributed by atoms with van der Waals surface area (Å²) >= 11 is 0. The fraction of sp³-hybridized carbons (Fsp3) is 0.600. The number of ether oxygens (including phenoxy) is 2. The van der Waals surface area contributed by atoms with E-state index in [0.717, 1.165) is 18.6 Å². The summed E-state index contributed by atoms with van der Waals surface area (Å²) in [5, 5.41) is 3.36. The summed E-state index contributed by atoms with van der Waals surface area (Å²) in [4.78, 5) is 0. The monoisotopic (exact) mass is 251 g/mol. The van der Waals surface area contributed by atoms with Crippen LogP contribution in [0.3, 0.4) is 0 Å². The van der Waals surface area contributed by atoms with Gasteiger partial charge >= 0.3 is 0 Å². The van der Waals surface area contributed by atoms with E-state index < -0.39 is 0 Å². The SMILES string of the molecule is CNC(CCC(C)(C)OC)c1ccc(OC)cc1. The fourth-order valence-electron chi connectivity index (χ4n) is 1.91. The Morgan fingerprint density at radius 3 is 2.22 bits per heavy atom. The van der Waals surface area contributed by atoms with E-state index >= 15 is 0 Å². The van der Waals surface area contributed by atoms with Crippen LogP contribution in [0.15, 0.2) is 24.3 Å². The van der Waals surface area contributed by atoms with E-state index in [-0.39, 0.29) is 5.60 Å². The van der Waals surface area contributed by atoms with Gasteiger partial charge in [0.05, 0.1) is 12.7 Å². The van der Waals surface area contributed by atoms with Gasteiger partial charge in [0.1, 0.15) is 5.75 Å². The maximum Gasteiger partial charge on any atom is 0.118 e. The van der Waals surface area contributed by atoms with Crippen molar-refractivity contribution in [2.24, 2.45) is 0 Å². The molecule has 3 nitrogen and oxygen atoms in total. The smallest absolute Gasteiger partial charge is 0.118 e. The van der Waals surface area contributed by atoms with Crippen LogP contribution in [-0.4, -0.2) is 26.9 Å². The third-order valence-electron chi connectivity index (χ3n) is 3.45. The van der Waals surface area contributed by atoms with Crippen molar-refractivity contribution in [1.82, 2.24) is 5.32 Å². The summed E-state index contributed by atoms with van der Waals surface area (Å²) in [6, 6.07) is 8.58. The summed E-state index contributed by atoms with van der Waals surface area (Å²) in [5.41, 5.74) is 1.21. The molecular weight excluding hydrogens is 226 g/mol. The summed E-state index contributed by atoms with van der Waals surface area (Å²) in [7, 11) is 5.45. The average Bonchev–Trinajstić information content (AvgIpc) is 2.40. The summed E-state index contributed by atoms with van der Waals surface area (Å²) in [6.45, 7) is 4.24. The molecule has 0 aliphatic rings. The van der Waals surface area contributed by atoms with E-state index in [2.05, 4.69) is 31.3 Å². The van der Waals surface area contributed by atoms with Gasteiger partial charge in [0.2, 0.25) is 0 Å². The summed E-state index contributed by atoms with van der Waals surface area (Å²) in [5.74, 6) is 0.894. The Kier molecular flexibility index (Phi) is 5.63. The van der Waals surface area contributed by atoms with Crippen LogP contribution < -0.4 is 10.1 Å². The van der Waals surface area contributed by atoms with E-state index in [0.29, 0.717) is 6.04 Å². The molecule has 1 rings (SSSR count). The molecule has 0 saturated heterocycles. The van der Waals surface area contributed by atoms with Crippen LogP contribution in [0.5, 0.6) is 5.75 Å². The summed E-state index contributed by atoms with van der Waals surface area (Å²) < 4.78 is 10.6. The standard InChI is InChI=1S/C15H25NO2/c1-15(2,18-5)11-10-14(16-3)12-6-8-13(17-4)9-7-12/h6-9,14,16H,10-11H2,1-5H3. The Bertz CT molecular complexity index is 346. The van der Waals surface area contributed by atoms with Gasteiger partial charge in [-0.2, -0.15) is 0 Å². The normalized spacial score (nSPS) is 13.4. The van der Waals surface area contributed by atoms with Gasteiger partial charge in [0.15, 0.2) is 0 Å². The minimum absolute atomic E-state index is 0.0679. The number of nitrogens with one attached hydrogen (secondary N) is 1. The largest absolute Gasteiger partial charge is 0.497 e. The molecule has 3 heteroatoms. The number of rotatable bonds is 7. The van der Waals surface area contributed by atoms with Crippen LogP contribution in [0.4, 0.5) is 0 Å². The fourth-order valence-corrected chi connectivity index (χ4v) is 1.91. The van der Waals surface area contributed by atoms with Crippen LogP contribution in [0, 0.1) is 0 Å². The van der Waals surface area contributed by atoms with E-state index in [1.54, 1.807) is 14.2 Å². The molecule has 1 unspecified atom stereocenters. The van der Waals surface area contributed by atoms with Crippen LogP contribution in [0.2, 0.25) is 0 Å². The Hall–Kier alpha value is -1.06. The third-order valence-corrected chi connectivity index (χ3v) is 3.45. The highest BCUT2D eigenvalue weighted by atomic mass is 16.5. The zero-order valence-corrected chi connectivity index (χ0v) is 12.1. The van der Waals surface area contributed by atoms with Gasteiger partial charge in [-0.3, -0.25) is 0 Å². The van der Waals surface area contributed by atoms with E-state index in [9.17, 15) is 0 Å². The first-order chi connectivity index (χ1) is 8.52. The van der Waals surface area contributed by atoms with Crippen LogP contribution in [0.25, 0.3) is 0 Å². The Morgan fingerprint density at radius 2 is 1.78 bits per heavy atom. The van der Waals surface area contributed by atoms with Crippen LogP contribution in [0.1, 0.15) is 38.3 Å². The maximum absolute atomic E-state index is 5.46. The van der Waals surface area contributed by atoms with Crippen LogP contribution in [-0.2, 0) is 4.74 Å². The van der Waals surface area contributed by atoms with Crippen molar-refractivity contribution >= 4 is 0 Å². The second-order valence-electron chi connectivity index (χ2n) is 5.12. The minimum Gasteiger partial charge on any atom is -0.497 e. The molecule has 0 aliphatic heterocycles. The maximum atomic E-state index is 5.46. The van der Waals surface area contributed by atoms with Crippen LogP contribution >= 0.6 is 0 Å². The molecular formula is C15H25NO2. The lowest BCUT2D eigenvalue weighted by Crippen LogP contribution is -2.25. The molecule has 0 heterocycles. The molecule has 0 bridgehead atoms. The average molecular weight is 251 g/mol. The highest BCUT2D eigenvalue weighted by molar-refractivity contribution is 5.29. The molecule has 0 fully saturated rings. The topological polar surface area (TPSA) is 30.5 Å². The van der Waals surface area contributed by atoms with Gasteiger partial charge in [-0.1, -0.05) is 12.1 Å². The van der Waals surface area contributed by atoms with Crippen molar-refractivity contribution in [2.75, 3.05) is 21.3 Å². The van der Waals surface area contributed by atoms with Gasteiger partial charge in [0.25, 0.3) is 0 Å². The quantitative estimate of drug-likeness (QED) is 0.807. The van der Waals surface area contributed by atoms with Crippen molar-refractivity contribution in [1.29, 1.82) is 0 Å². The van der Waals surface area contributed by atoms with Gasteiger partial charge in [-0.05, 0) is 51.4 Å². The van der Waals surface area contributed by atoms with Gasteiger partial charge < -0.3 is 14.8 Å². The predicted molar refractivity (Wildman–Crippen MR) is 75.1 cm³/mol.